The molecule has 2 N–H and O–H groups in total. The predicted molar refractivity (Wildman–Crippen MR) is 54.2 cm³/mol. The van der Waals surface area contributed by atoms with Gasteiger partial charge in [0.25, 0.3) is 0 Å². The van der Waals surface area contributed by atoms with Gasteiger partial charge in [-0.2, -0.15) is 0 Å². The van der Waals surface area contributed by atoms with E-state index in [4.69, 9.17) is 5.11 Å². The normalized spacial score (nSPS) is 8.23. The fourth-order valence-corrected chi connectivity index (χ4v) is 0.734. The summed E-state index contributed by atoms with van der Waals surface area (Å²) < 4.78 is 2.14. The van der Waals surface area contributed by atoms with Crippen LogP contribution in [0.15, 0.2) is 30.3 Å². The van der Waals surface area contributed by atoms with Crippen LogP contribution in [-0.4, -0.2) is 45.6 Å². The van der Waals surface area contributed by atoms with Gasteiger partial charge in [-0.3, -0.25) is 4.79 Å². The van der Waals surface area contributed by atoms with Crippen molar-refractivity contribution in [1.82, 2.24) is 0 Å². The van der Waals surface area contributed by atoms with Crippen LogP contribution in [-0.2, 0) is 4.79 Å². The first kappa shape index (κ1) is 12.5. The zero-order chi connectivity index (χ0) is 10.1. The number of nitrogens with one attached hydrogen (secondary N) is 1. The number of benzene rings is 1. The summed E-state index contributed by atoms with van der Waals surface area (Å²) in [6.45, 7) is -0.0377. The van der Waals surface area contributed by atoms with Crippen molar-refractivity contribution in [2.45, 2.75) is 4.17 Å². The van der Waals surface area contributed by atoms with E-state index in [1.165, 1.54) is 27.9 Å². The molecular weight excluding hydrogens is 177 g/mol. The summed E-state index contributed by atoms with van der Waals surface area (Å²) in [6.07, 6.45) is 0. The van der Waals surface area contributed by atoms with Crippen LogP contribution < -0.4 is 5.32 Å². The van der Waals surface area contributed by atoms with Crippen LogP contribution in [0.25, 0.3) is 0 Å². The molecule has 0 aliphatic carbocycles. The Morgan fingerprint density at radius 1 is 1.38 bits per heavy atom. The molecule has 0 fully saturated rings. The fraction of sp³-hybridized carbons (Fsp3) is 0.222. The molecule has 13 heavy (non-hydrogen) atoms. The van der Waals surface area contributed by atoms with Gasteiger partial charge in [0, 0.05) is 5.69 Å². The summed E-state index contributed by atoms with van der Waals surface area (Å²) in [6, 6.07) is 9.23. The van der Waals surface area contributed by atoms with Crippen LogP contribution >= 0.6 is 0 Å². The molecule has 0 radical (unpaired) electrons. The number of hydrogen-bond acceptors (Lipinski definition) is 2. The van der Waals surface area contributed by atoms with Crippen LogP contribution in [0.2, 0.25) is 4.17 Å². The Morgan fingerprint density at radius 2 is 1.92 bits per heavy atom. The van der Waals surface area contributed by atoms with E-state index < -0.39 is 5.97 Å². The number of carboxylic acids is 1. The van der Waals surface area contributed by atoms with E-state index in [1.807, 2.05) is 30.3 Å². The van der Waals surface area contributed by atoms with Gasteiger partial charge in [-0.1, -0.05) is 18.2 Å². The molecule has 66 valence electrons. The van der Waals surface area contributed by atoms with Gasteiger partial charge in [0.2, 0.25) is 0 Å². The van der Waals surface area contributed by atoms with Crippen LogP contribution in [0, 0.1) is 0 Å². The summed E-state index contributed by atoms with van der Waals surface area (Å²) in [5, 5.41) is 11.1. The van der Waals surface area contributed by atoms with Crippen LogP contribution in [0.3, 0.4) is 0 Å². The molecular formula is C9H12NNaO2. The number of anilines is 1. The molecule has 0 amide bonds. The van der Waals surface area contributed by atoms with E-state index in [0.29, 0.717) is 0 Å². The molecule has 1 aromatic rings. The van der Waals surface area contributed by atoms with Gasteiger partial charge >= 0.3 is 38.1 Å². The van der Waals surface area contributed by atoms with E-state index in [1.54, 1.807) is 0 Å². The average Bonchev–Trinajstić information content (AvgIpc) is 2.19. The SMILES string of the molecule is O=C(O)CNc1ccccc1.[CH3][Na]. The standard InChI is InChI=1S/C8H9NO2.CH3.Na/c10-8(11)6-9-7-4-2-1-3-5-7;;/h1-5,9H,6H2,(H,10,11);1H3;. The van der Waals surface area contributed by atoms with Gasteiger partial charge in [-0.05, 0) is 12.1 Å². The number of hydrogen-bond donors (Lipinski definition) is 2. The summed E-state index contributed by atoms with van der Waals surface area (Å²) in [5.41, 5.74) is 0.829. The molecule has 0 saturated heterocycles. The van der Waals surface area contributed by atoms with Gasteiger partial charge < -0.3 is 10.4 Å². The van der Waals surface area contributed by atoms with E-state index in [9.17, 15) is 4.79 Å². The topological polar surface area (TPSA) is 49.3 Å². The molecule has 0 spiro atoms. The molecule has 0 aromatic heterocycles. The Labute approximate surface area is 95.6 Å². The number of carbonyl (C=O) groups is 1. The zero-order valence-corrected chi connectivity index (χ0v) is 9.95. The van der Waals surface area contributed by atoms with Crippen molar-refractivity contribution in [3.05, 3.63) is 30.3 Å². The van der Waals surface area contributed by atoms with Gasteiger partial charge in [0.05, 0.1) is 0 Å². The molecule has 3 nitrogen and oxygen atoms in total. The number of aliphatic carboxylic acids is 1. The van der Waals surface area contributed by atoms with E-state index in [2.05, 4.69) is 9.49 Å². The first-order chi connectivity index (χ1) is 6.29. The Balaban J connectivity index is 0.000000671. The maximum atomic E-state index is 10.1. The Hall–Kier alpha value is -0.510. The van der Waals surface area contributed by atoms with Gasteiger partial charge in [-0.15, -0.1) is 0 Å². The molecule has 0 unspecified atom stereocenters. The van der Waals surface area contributed by atoms with Crippen molar-refractivity contribution >= 4 is 39.6 Å². The molecule has 0 bridgehead atoms. The maximum absolute atomic E-state index is 10.1. The second-order valence-corrected chi connectivity index (χ2v) is 2.11. The van der Waals surface area contributed by atoms with Crippen molar-refractivity contribution in [3.63, 3.8) is 0 Å². The van der Waals surface area contributed by atoms with E-state index in [0.717, 1.165) is 5.69 Å². The van der Waals surface area contributed by atoms with Crippen LogP contribution in [0.1, 0.15) is 0 Å². The number of para-hydroxylation sites is 1. The summed E-state index contributed by atoms with van der Waals surface area (Å²) in [4.78, 5) is 10.1. The second kappa shape index (κ2) is 8.10. The quantitative estimate of drug-likeness (QED) is 0.706. The van der Waals surface area contributed by atoms with Crippen LogP contribution in [0.4, 0.5) is 5.69 Å². The zero-order valence-electron chi connectivity index (χ0n) is 7.95. The molecule has 0 aliphatic heterocycles. The van der Waals surface area contributed by atoms with Crippen molar-refractivity contribution < 1.29 is 9.90 Å². The molecule has 1 rings (SSSR count). The monoisotopic (exact) mass is 189 g/mol. The Kier molecular flexibility index (Phi) is 7.79. The summed E-state index contributed by atoms with van der Waals surface area (Å²) >= 11 is 1.31. The Bertz CT molecular complexity index is 239. The van der Waals surface area contributed by atoms with Crippen molar-refractivity contribution in [3.8, 4) is 0 Å². The molecule has 1 aromatic carbocycles. The minimum absolute atomic E-state index is 0.0377. The van der Waals surface area contributed by atoms with Gasteiger partial charge in [-0.25, -0.2) is 0 Å². The van der Waals surface area contributed by atoms with Crippen LogP contribution in [0.5, 0.6) is 0 Å². The predicted octanol–water partition coefficient (Wildman–Crippen LogP) is 1.39. The molecule has 0 saturated carbocycles. The molecule has 0 heterocycles. The number of carboxylic acid groups (broad SMARTS) is 1. The summed E-state index contributed by atoms with van der Waals surface area (Å²) in [5.74, 6) is -0.853. The van der Waals surface area contributed by atoms with Crippen molar-refractivity contribution in [2.75, 3.05) is 11.9 Å². The third-order valence-electron chi connectivity index (χ3n) is 1.22. The third kappa shape index (κ3) is 6.63. The molecule has 4 heteroatoms. The van der Waals surface area contributed by atoms with E-state index >= 15 is 0 Å². The van der Waals surface area contributed by atoms with Crippen molar-refractivity contribution in [1.29, 1.82) is 0 Å². The fourth-order valence-electron chi connectivity index (χ4n) is 0.734. The van der Waals surface area contributed by atoms with Gasteiger partial charge in [0.15, 0.2) is 0 Å². The van der Waals surface area contributed by atoms with Crippen molar-refractivity contribution in [2.24, 2.45) is 0 Å². The first-order valence-electron chi connectivity index (χ1n) is 4.30. The average molecular weight is 189 g/mol. The molecule has 0 aliphatic rings. The van der Waals surface area contributed by atoms with Gasteiger partial charge in [0.1, 0.15) is 6.54 Å². The Morgan fingerprint density at radius 3 is 2.38 bits per heavy atom. The first-order valence-corrected chi connectivity index (χ1v) is 6.30. The number of rotatable bonds is 3. The second-order valence-electron chi connectivity index (χ2n) is 2.11. The minimum atomic E-state index is -0.853. The van der Waals surface area contributed by atoms with E-state index in [-0.39, 0.29) is 6.54 Å². The molecule has 0 atom stereocenters. The summed E-state index contributed by atoms with van der Waals surface area (Å²) in [7, 11) is 0. The third-order valence-corrected chi connectivity index (χ3v) is 1.22.